The van der Waals surface area contributed by atoms with Crippen molar-refractivity contribution in [2.75, 3.05) is 20.2 Å². The molecule has 1 unspecified atom stereocenters. The molecule has 0 spiro atoms. The van der Waals surface area contributed by atoms with Gasteiger partial charge in [-0.3, -0.25) is 9.59 Å². The lowest BCUT2D eigenvalue weighted by atomic mass is 10.1. The van der Waals surface area contributed by atoms with Gasteiger partial charge in [-0.15, -0.1) is 0 Å². The first-order valence-corrected chi connectivity index (χ1v) is 6.62. The minimum Gasteiger partial charge on any atom is -0.496 e. The predicted molar refractivity (Wildman–Crippen MR) is 75.8 cm³/mol. The van der Waals surface area contributed by atoms with Gasteiger partial charge in [0.05, 0.1) is 19.4 Å². The van der Waals surface area contributed by atoms with Gasteiger partial charge in [0.1, 0.15) is 5.75 Å². The van der Waals surface area contributed by atoms with Gasteiger partial charge in [-0.05, 0) is 13.0 Å². The summed E-state index contributed by atoms with van der Waals surface area (Å²) < 4.78 is 5.21. The van der Waals surface area contributed by atoms with E-state index >= 15 is 0 Å². The van der Waals surface area contributed by atoms with Crippen molar-refractivity contribution in [3.63, 3.8) is 0 Å². The number of carboxylic acids is 1. The maximum absolute atomic E-state index is 12.2. The van der Waals surface area contributed by atoms with Crippen molar-refractivity contribution < 1.29 is 19.4 Å². The van der Waals surface area contributed by atoms with E-state index < -0.39 is 11.9 Å². The molecule has 1 atom stereocenters. The van der Waals surface area contributed by atoms with Crippen LogP contribution >= 0.6 is 0 Å². The molecule has 1 rings (SSSR count). The lowest BCUT2D eigenvalue weighted by Crippen LogP contribution is -2.37. The van der Waals surface area contributed by atoms with Crippen LogP contribution in [0.15, 0.2) is 24.3 Å². The summed E-state index contributed by atoms with van der Waals surface area (Å²) in [6.45, 7) is 4.15. The summed E-state index contributed by atoms with van der Waals surface area (Å²) in [5.41, 5.74) is 0.807. The van der Waals surface area contributed by atoms with Gasteiger partial charge < -0.3 is 14.7 Å². The Bertz CT molecular complexity index is 473. The number of methoxy groups -OCH3 is 1. The molecule has 20 heavy (non-hydrogen) atoms. The summed E-state index contributed by atoms with van der Waals surface area (Å²) in [5.74, 6) is -0.890. The predicted octanol–water partition coefficient (Wildman–Crippen LogP) is 1.81. The number of para-hydroxylation sites is 1. The molecule has 110 valence electrons. The first kappa shape index (κ1) is 16.0. The molecule has 0 heterocycles. The standard InChI is InChI=1S/C15H21NO4/c1-4-16(10-11(2)15(18)19)14(17)9-12-7-5-6-8-13(12)20-3/h5-8,11H,4,9-10H2,1-3H3,(H,18,19). The molecule has 0 fully saturated rings. The summed E-state index contributed by atoms with van der Waals surface area (Å²) in [5, 5.41) is 8.92. The first-order chi connectivity index (χ1) is 9.49. The van der Waals surface area contributed by atoms with E-state index in [1.807, 2.05) is 25.1 Å². The Hall–Kier alpha value is -2.04. The number of amides is 1. The van der Waals surface area contributed by atoms with E-state index in [1.165, 1.54) is 0 Å². The quantitative estimate of drug-likeness (QED) is 0.826. The van der Waals surface area contributed by atoms with Gasteiger partial charge in [-0.2, -0.15) is 0 Å². The number of benzene rings is 1. The van der Waals surface area contributed by atoms with E-state index in [4.69, 9.17) is 9.84 Å². The zero-order chi connectivity index (χ0) is 15.1. The van der Waals surface area contributed by atoms with Crippen LogP contribution in [0.5, 0.6) is 5.75 Å². The molecule has 1 amide bonds. The van der Waals surface area contributed by atoms with Crippen molar-refractivity contribution in [2.45, 2.75) is 20.3 Å². The van der Waals surface area contributed by atoms with Crippen LogP contribution in [-0.4, -0.2) is 42.1 Å². The number of nitrogens with zero attached hydrogens (tertiary/aromatic N) is 1. The second-order valence-corrected chi connectivity index (χ2v) is 4.66. The van der Waals surface area contributed by atoms with Crippen LogP contribution in [0.25, 0.3) is 0 Å². The highest BCUT2D eigenvalue weighted by molar-refractivity contribution is 5.80. The van der Waals surface area contributed by atoms with Gasteiger partial charge in [0.2, 0.25) is 5.91 Å². The fourth-order valence-electron chi connectivity index (χ4n) is 1.94. The van der Waals surface area contributed by atoms with E-state index in [0.717, 1.165) is 5.56 Å². The molecule has 5 heteroatoms. The molecule has 1 aromatic carbocycles. The van der Waals surface area contributed by atoms with E-state index in [9.17, 15) is 9.59 Å². The highest BCUT2D eigenvalue weighted by atomic mass is 16.5. The van der Waals surface area contributed by atoms with E-state index in [1.54, 1.807) is 25.0 Å². The second kappa shape index (κ2) is 7.53. The van der Waals surface area contributed by atoms with Crippen LogP contribution in [0.3, 0.4) is 0 Å². The van der Waals surface area contributed by atoms with Crippen molar-refractivity contribution in [1.82, 2.24) is 4.90 Å². The van der Waals surface area contributed by atoms with Crippen molar-refractivity contribution in [2.24, 2.45) is 5.92 Å². The van der Waals surface area contributed by atoms with Gasteiger partial charge >= 0.3 is 5.97 Å². The molecule has 0 bridgehead atoms. The third-order valence-electron chi connectivity index (χ3n) is 3.18. The second-order valence-electron chi connectivity index (χ2n) is 4.66. The number of hydrogen-bond acceptors (Lipinski definition) is 3. The summed E-state index contributed by atoms with van der Waals surface area (Å²) in [6, 6.07) is 7.34. The molecule has 0 saturated heterocycles. The number of carboxylic acid groups (broad SMARTS) is 1. The number of aliphatic carboxylic acids is 1. The molecule has 0 aliphatic carbocycles. The monoisotopic (exact) mass is 279 g/mol. The van der Waals surface area contributed by atoms with Gasteiger partial charge in [-0.1, -0.05) is 25.1 Å². The van der Waals surface area contributed by atoms with Crippen molar-refractivity contribution >= 4 is 11.9 Å². The van der Waals surface area contributed by atoms with Crippen LogP contribution in [0.1, 0.15) is 19.4 Å². The lowest BCUT2D eigenvalue weighted by molar-refractivity contribution is -0.142. The van der Waals surface area contributed by atoms with E-state index in [-0.39, 0.29) is 18.9 Å². The molecular weight excluding hydrogens is 258 g/mol. The summed E-state index contributed by atoms with van der Waals surface area (Å²) in [4.78, 5) is 24.7. The van der Waals surface area contributed by atoms with E-state index in [2.05, 4.69) is 0 Å². The molecule has 1 aromatic rings. The molecule has 0 aromatic heterocycles. The normalized spacial score (nSPS) is 11.8. The van der Waals surface area contributed by atoms with Gasteiger partial charge in [0.25, 0.3) is 0 Å². The molecule has 1 N–H and O–H groups in total. The summed E-state index contributed by atoms with van der Waals surface area (Å²) >= 11 is 0. The third-order valence-corrected chi connectivity index (χ3v) is 3.18. The number of carbonyl (C=O) groups is 2. The largest absolute Gasteiger partial charge is 0.496 e. The van der Waals surface area contributed by atoms with Gasteiger partial charge in [0.15, 0.2) is 0 Å². The topological polar surface area (TPSA) is 66.8 Å². The maximum atomic E-state index is 12.2. The SMILES string of the molecule is CCN(CC(C)C(=O)O)C(=O)Cc1ccccc1OC. The van der Waals surface area contributed by atoms with Crippen LogP contribution in [0, 0.1) is 5.92 Å². The Morgan fingerprint density at radius 1 is 1.35 bits per heavy atom. The maximum Gasteiger partial charge on any atom is 0.308 e. The molecular formula is C15H21NO4. The van der Waals surface area contributed by atoms with Crippen molar-refractivity contribution in [3.05, 3.63) is 29.8 Å². The van der Waals surface area contributed by atoms with Crippen LogP contribution in [-0.2, 0) is 16.0 Å². The molecule has 0 aliphatic rings. The Labute approximate surface area is 119 Å². The van der Waals surface area contributed by atoms with Gasteiger partial charge in [0, 0.05) is 18.7 Å². The number of likely N-dealkylation sites (N-methyl/N-ethyl adjacent to an activating group) is 1. The van der Waals surface area contributed by atoms with Crippen LogP contribution < -0.4 is 4.74 Å². The fraction of sp³-hybridized carbons (Fsp3) is 0.467. The van der Waals surface area contributed by atoms with Gasteiger partial charge in [-0.25, -0.2) is 0 Å². The Morgan fingerprint density at radius 3 is 2.55 bits per heavy atom. The van der Waals surface area contributed by atoms with E-state index in [0.29, 0.717) is 12.3 Å². The minimum atomic E-state index is -0.895. The van der Waals surface area contributed by atoms with Crippen LogP contribution in [0.4, 0.5) is 0 Å². The summed E-state index contributed by atoms with van der Waals surface area (Å²) in [6.07, 6.45) is 0.212. The molecule has 0 saturated carbocycles. The third kappa shape index (κ3) is 4.26. The Morgan fingerprint density at radius 2 is 2.00 bits per heavy atom. The Balaban J connectivity index is 2.74. The number of ether oxygens (including phenoxy) is 1. The lowest BCUT2D eigenvalue weighted by Gasteiger charge is -2.23. The van der Waals surface area contributed by atoms with Crippen molar-refractivity contribution in [1.29, 1.82) is 0 Å². The van der Waals surface area contributed by atoms with Crippen molar-refractivity contribution in [3.8, 4) is 5.75 Å². The smallest absolute Gasteiger partial charge is 0.308 e. The first-order valence-electron chi connectivity index (χ1n) is 6.62. The summed E-state index contributed by atoms with van der Waals surface area (Å²) in [7, 11) is 1.56. The molecule has 0 radical (unpaired) electrons. The average Bonchev–Trinajstić information content (AvgIpc) is 2.44. The minimum absolute atomic E-state index is 0.0925. The van der Waals surface area contributed by atoms with Crippen LogP contribution in [0.2, 0.25) is 0 Å². The number of hydrogen-bond donors (Lipinski definition) is 1. The highest BCUT2D eigenvalue weighted by Gasteiger charge is 2.20. The Kier molecular flexibility index (Phi) is 6.03. The molecule has 0 aliphatic heterocycles. The number of rotatable bonds is 7. The average molecular weight is 279 g/mol. The fourth-order valence-corrected chi connectivity index (χ4v) is 1.94. The zero-order valence-electron chi connectivity index (χ0n) is 12.1. The molecule has 5 nitrogen and oxygen atoms in total. The highest BCUT2D eigenvalue weighted by Crippen LogP contribution is 2.18. The number of carbonyl (C=O) groups excluding carboxylic acids is 1. The zero-order valence-corrected chi connectivity index (χ0v) is 12.1.